The maximum Gasteiger partial charge on any atom is 0.301 e. The number of fused-ring (bicyclic) bond motifs is 1. The van der Waals surface area contributed by atoms with E-state index >= 15 is 0 Å². The lowest BCUT2D eigenvalue weighted by Crippen LogP contribution is -2.29. The predicted molar refractivity (Wildman–Crippen MR) is 142 cm³/mol. The third-order valence-corrected chi connectivity index (χ3v) is 6.93. The number of rotatable bonds is 8. The van der Waals surface area contributed by atoms with E-state index in [2.05, 4.69) is 9.97 Å². The molecule has 1 aliphatic rings. The number of carbonyl (C=O) groups is 2. The van der Waals surface area contributed by atoms with Crippen molar-refractivity contribution >= 4 is 44.1 Å². The largest absolute Gasteiger partial charge is 0.507 e. The third kappa shape index (κ3) is 4.65. The summed E-state index contributed by atoms with van der Waals surface area (Å²) in [6.45, 7) is 4.95. The van der Waals surface area contributed by atoms with Crippen molar-refractivity contribution in [3.05, 3.63) is 83.7 Å². The number of amides is 1. The number of pyridine rings is 1. The molecule has 1 atom stereocenters. The second kappa shape index (κ2) is 10.4. The minimum absolute atomic E-state index is 0.0156. The van der Waals surface area contributed by atoms with Gasteiger partial charge in [-0.15, -0.1) is 0 Å². The number of hydrogen-bond acceptors (Lipinski definition) is 8. The van der Waals surface area contributed by atoms with Gasteiger partial charge in [0.05, 0.1) is 35.0 Å². The number of hydrogen-bond donors (Lipinski definition) is 1. The topological polar surface area (TPSA) is 102 Å². The van der Waals surface area contributed by atoms with Gasteiger partial charge < -0.3 is 14.6 Å². The van der Waals surface area contributed by atoms with Crippen molar-refractivity contribution in [3.63, 3.8) is 0 Å². The highest BCUT2D eigenvalue weighted by Gasteiger charge is 2.48. The van der Waals surface area contributed by atoms with Crippen molar-refractivity contribution in [2.24, 2.45) is 0 Å². The average molecular weight is 516 g/mol. The molecule has 8 nitrogen and oxygen atoms in total. The number of ketones is 1. The Morgan fingerprint density at radius 2 is 1.81 bits per heavy atom. The average Bonchev–Trinajstić information content (AvgIpc) is 3.45. The summed E-state index contributed by atoms with van der Waals surface area (Å²) < 4.78 is 12.1. The molecule has 1 amide bonds. The van der Waals surface area contributed by atoms with Crippen LogP contribution in [0.3, 0.4) is 0 Å². The van der Waals surface area contributed by atoms with Crippen LogP contribution in [-0.4, -0.2) is 40.0 Å². The van der Waals surface area contributed by atoms with Gasteiger partial charge in [-0.05, 0) is 61.4 Å². The summed E-state index contributed by atoms with van der Waals surface area (Å²) >= 11 is 1.28. The number of thiazole rings is 1. The van der Waals surface area contributed by atoms with Crippen LogP contribution in [0.5, 0.6) is 11.5 Å². The molecule has 9 heteroatoms. The van der Waals surface area contributed by atoms with Crippen molar-refractivity contribution in [1.29, 1.82) is 0 Å². The Hall–Kier alpha value is -4.24. The van der Waals surface area contributed by atoms with E-state index < -0.39 is 17.7 Å². The highest BCUT2D eigenvalue weighted by Crippen LogP contribution is 2.44. The second-order valence-electron chi connectivity index (χ2n) is 8.38. The molecule has 0 radical (unpaired) electrons. The van der Waals surface area contributed by atoms with Crippen molar-refractivity contribution < 1.29 is 24.2 Å². The molecule has 0 saturated carbocycles. The van der Waals surface area contributed by atoms with Crippen LogP contribution in [0.1, 0.15) is 37.4 Å². The summed E-state index contributed by atoms with van der Waals surface area (Å²) in [5.41, 5.74) is 1.68. The number of carbonyl (C=O) groups excluding carboxylic acids is 2. The van der Waals surface area contributed by atoms with E-state index in [0.29, 0.717) is 46.5 Å². The molecule has 4 aromatic rings. The Balaban J connectivity index is 1.64. The van der Waals surface area contributed by atoms with Crippen molar-refractivity contribution in [2.45, 2.75) is 26.3 Å². The summed E-state index contributed by atoms with van der Waals surface area (Å²) in [5, 5.41) is 11.7. The van der Waals surface area contributed by atoms with Crippen LogP contribution < -0.4 is 14.4 Å². The number of nitrogens with zero attached hydrogens (tertiary/aromatic N) is 3. The van der Waals surface area contributed by atoms with Crippen LogP contribution >= 0.6 is 11.3 Å². The molecular formula is C28H25N3O5S. The van der Waals surface area contributed by atoms with Crippen LogP contribution in [0, 0.1) is 0 Å². The standard InChI is InChI=1S/C28H25N3O5S/c1-3-14-36-19-7-5-6-18(15-19)25(32)23-24(17-10-12-29-13-11-17)31(27(34)26(23)33)28-30-21-9-8-20(35-4-2)16-22(21)37-28/h5-13,15-16,24,32H,3-4,14H2,1-2H3/b25-23+. The maximum absolute atomic E-state index is 13.4. The van der Waals surface area contributed by atoms with E-state index in [1.54, 1.807) is 48.8 Å². The van der Waals surface area contributed by atoms with Gasteiger partial charge in [0.2, 0.25) is 0 Å². The quantitative estimate of drug-likeness (QED) is 0.188. The van der Waals surface area contributed by atoms with E-state index in [0.717, 1.165) is 11.1 Å². The number of ether oxygens (including phenoxy) is 2. The highest BCUT2D eigenvalue weighted by molar-refractivity contribution is 7.22. The first-order chi connectivity index (χ1) is 18.0. The number of aliphatic hydroxyl groups is 1. The fraction of sp³-hybridized carbons (Fsp3) is 0.214. The Morgan fingerprint density at radius 1 is 1.03 bits per heavy atom. The zero-order valence-electron chi connectivity index (χ0n) is 20.4. The predicted octanol–water partition coefficient (Wildman–Crippen LogP) is 5.51. The van der Waals surface area contributed by atoms with Gasteiger partial charge in [-0.25, -0.2) is 4.98 Å². The third-order valence-electron chi connectivity index (χ3n) is 5.91. The van der Waals surface area contributed by atoms with E-state index in [4.69, 9.17) is 9.47 Å². The first-order valence-electron chi connectivity index (χ1n) is 12.0. The van der Waals surface area contributed by atoms with Gasteiger partial charge in [-0.3, -0.25) is 19.5 Å². The number of benzene rings is 2. The van der Waals surface area contributed by atoms with Gasteiger partial charge in [0.25, 0.3) is 5.78 Å². The molecule has 1 unspecified atom stereocenters. The maximum atomic E-state index is 13.4. The molecule has 5 rings (SSSR count). The first-order valence-corrected chi connectivity index (χ1v) is 12.8. The van der Waals surface area contributed by atoms with Crippen LogP contribution in [-0.2, 0) is 9.59 Å². The molecule has 1 saturated heterocycles. The van der Waals surface area contributed by atoms with Crippen LogP contribution in [0.25, 0.3) is 16.0 Å². The van der Waals surface area contributed by atoms with Gasteiger partial charge in [-0.1, -0.05) is 30.4 Å². The Bertz CT molecular complexity index is 1500. The van der Waals surface area contributed by atoms with E-state index in [-0.39, 0.29) is 11.3 Å². The smallest absolute Gasteiger partial charge is 0.301 e. The lowest BCUT2D eigenvalue weighted by atomic mass is 9.96. The molecule has 0 spiro atoms. The van der Waals surface area contributed by atoms with E-state index in [9.17, 15) is 14.7 Å². The number of aromatic nitrogens is 2. The van der Waals surface area contributed by atoms with Crippen LogP contribution in [0.15, 0.2) is 72.6 Å². The van der Waals surface area contributed by atoms with Gasteiger partial charge in [0.1, 0.15) is 17.3 Å². The SMILES string of the molecule is CCCOc1cccc(/C(O)=C2\C(=O)C(=O)N(c3nc4ccc(OCC)cc4s3)C2c2ccncc2)c1. The van der Waals surface area contributed by atoms with E-state index in [1.165, 1.54) is 16.2 Å². The molecule has 188 valence electrons. The van der Waals surface area contributed by atoms with Gasteiger partial charge in [-0.2, -0.15) is 0 Å². The molecule has 37 heavy (non-hydrogen) atoms. The molecule has 2 aromatic heterocycles. The summed E-state index contributed by atoms with van der Waals surface area (Å²) in [7, 11) is 0. The van der Waals surface area contributed by atoms with Gasteiger partial charge in [0.15, 0.2) is 5.13 Å². The lowest BCUT2D eigenvalue weighted by molar-refractivity contribution is -0.132. The Morgan fingerprint density at radius 3 is 2.57 bits per heavy atom. The van der Waals surface area contributed by atoms with Gasteiger partial charge in [0, 0.05) is 18.0 Å². The molecule has 0 aliphatic carbocycles. The second-order valence-corrected chi connectivity index (χ2v) is 9.39. The fourth-order valence-corrected chi connectivity index (χ4v) is 5.27. The van der Waals surface area contributed by atoms with Gasteiger partial charge >= 0.3 is 5.91 Å². The fourth-order valence-electron chi connectivity index (χ4n) is 4.25. The number of Topliss-reactive ketones (excluding diaryl/α,β-unsaturated/α-hetero) is 1. The monoisotopic (exact) mass is 515 g/mol. The summed E-state index contributed by atoms with van der Waals surface area (Å²) in [6, 6.07) is 14.9. The van der Waals surface area contributed by atoms with E-state index in [1.807, 2.05) is 32.0 Å². The number of aliphatic hydroxyl groups excluding tert-OH is 1. The normalized spacial score (nSPS) is 16.9. The summed E-state index contributed by atoms with van der Waals surface area (Å²) in [6.07, 6.45) is 4.00. The summed E-state index contributed by atoms with van der Waals surface area (Å²) in [4.78, 5) is 36.9. The molecule has 1 N–H and O–H groups in total. The van der Waals surface area contributed by atoms with Crippen molar-refractivity contribution in [1.82, 2.24) is 9.97 Å². The first kappa shape index (κ1) is 24.5. The minimum atomic E-state index is -0.879. The highest BCUT2D eigenvalue weighted by atomic mass is 32.1. The molecule has 1 fully saturated rings. The molecule has 0 bridgehead atoms. The molecule has 1 aliphatic heterocycles. The zero-order valence-corrected chi connectivity index (χ0v) is 21.2. The Labute approximate surface area is 217 Å². The molecular weight excluding hydrogens is 490 g/mol. The number of anilines is 1. The van der Waals surface area contributed by atoms with Crippen LogP contribution in [0.2, 0.25) is 0 Å². The van der Waals surface area contributed by atoms with Crippen molar-refractivity contribution in [3.8, 4) is 11.5 Å². The van der Waals surface area contributed by atoms with Crippen LogP contribution in [0.4, 0.5) is 5.13 Å². The molecule has 2 aromatic carbocycles. The Kier molecular flexibility index (Phi) is 6.87. The minimum Gasteiger partial charge on any atom is -0.507 e. The summed E-state index contributed by atoms with van der Waals surface area (Å²) in [5.74, 6) is -0.552. The zero-order chi connectivity index (χ0) is 25.9. The lowest BCUT2D eigenvalue weighted by Gasteiger charge is -2.22. The molecule has 3 heterocycles. The van der Waals surface area contributed by atoms with Crippen molar-refractivity contribution in [2.75, 3.05) is 18.1 Å².